The van der Waals surface area contributed by atoms with Gasteiger partial charge in [-0.25, -0.2) is 0 Å². The van der Waals surface area contributed by atoms with Crippen LogP contribution in [0.2, 0.25) is 0 Å². The topological polar surface area (TPSA) is 70.7 Å². The molecule has 0 saturated carbocycles. The third-order valence-electron chi connectivity index (χ3n) is 3.61. The lowest BCUT2D eigenvalue weighted by molar-refractivity contribution is -0.121. The number of ether oxygens (including phenoxy) is 1. The van der Waals surface area contributed by atoms with Gasteiger partial charge in [-0.1, -0.05) is 6.07 Å². The minimum Gasteiger partial charge on any atom is -0.373 e. The first-order chi connectivity index (χ1) is 11.0. The van der Waals surface area contributed by atoms with Crippen molar-refractivity contribution in [3.05, 3.63) is 29.8 Å². The number of amides is 2. The van der Waals surface area contributed by atoms with Gasteiger partial charge in [-0.3, -0.25) is 14.5 Å². The Morgan fingerprint density at radius 2 is 1.96 bits per heavy atom. The van der Waals surface area contributed by atoms with Gasteiger partial charge >= 0.3 is 0 Å². The van der Waals surface area contributed by atoms with E-state index in [2.05, 4.69) is 15.5 Å². The van der Waals surface area contributed by atoms with Gasteiger partial charge in [0, 0.05) is 30.9 Å². The Morgan fingerprint density at radius 3 is 2.61 bits per heavy atom. The van der Waals surface area contributed by atoms with E-state index >= 15 is 0 Å². The number of hydrogen-bond donors (Lipinski definition) is 2. The zero-order valence-electron chi connectivity index (χ0n) is 14.0. The maximum atomic E-state index is 12.2. The molecule has 0 bridgehead atoms. The molecule has 1 saturated heterocycles. The van der Waals surface area contributed by atoms with Crippen LogP contribution >= 0.6 is 0 Å². The molecule has 2 N–H and O–H groups in total. The fourth-order valence-electron chi connectivity index (χ4n) is 2.82. The van der Waals surface area contributed by atoms with Crippen LogP contribution in [0.15, 0.2) is 24.3 Å². The highest BCUT2D eigenvalue weighted by atomic mass is 16.5. The molecule has 23 heavy (non-hydrogen) atoms. The first-order valence-electron chi connectivity index (χ1n) is 8.04. The molecule has 2 rings (SSSR count). The molecular formula is C17H25N3O3. The summed E-state index contributed by atoms with van der Waals surface area (Å²) in [6.45, 7) is 8.28. The van der Waals surface area contributed by atoms with E-state index in [1.165, 1.54) is 0 Å². The highest BCUT2D eigenvalue weighted by Crippen LogP contribution is 2.13. The largest absolute Gasteiger partial charge is 0.373 e. The molecule has 2 atom stereocenters. The Balaban J connectivity index is 1.92. The van der Waals surface area contributed by atoms with Crippen LogP contribution in [0, 0.1) is 0 Å². The molecule has 1 aliphatic rings. The summed E-state index contributed by atoms with van der Waals surface area (Å²) in [4.78, 5) is 26.1. The van der Waals surface area contributed by atoms with Gasteiger partial charge in [-0.2, -0.15) is 0 Å². The summed E-state index contributed by atoms with van der Waals surface area (Å²) in [5, 5.41) is 5.60. The fraction of sp³-hybridized carbons (Fsp3) is 0.529. The highest BCUT2D eigenvalue weighted by Gasteiger charge is 2.23. The predicted octanol–water partition coefficient (Wildman–Crippen LogP) is 1.48. The van der Waals surface area contributed by atoms with Crippen molar-refractivity contribution in [2.45, 2.75) is 33.0 Å². The van der Waals surface area contributed by atoms with Crippen LogP contribution in [-0.4, -0.2) is 55.1 Å². The van der Waals surface area contributed by atoms with E-state index in [-0.39, 0.29) is 24.0 Å². The summed E-state index contributed by atoms with van der Waals surface area (Å²) in [6, 6.07) is 6.96. The number of nitrogens with one attached hydrogen (secondary N) is 2. The molecule has 0 spiro atoms. The SMILES string of the molecule is CCNC(=O)c1cccc(NC(=O)CN2CC(C)OC(C)C2)c1. The van der Waals surface area contributed by atoms with Crippen molar-refractivity contribution in [1.82, 2.24) is 10.2 Å². The molecule has 6 nitrogen and oxygen atoms in total. The number of anilines is 1. The van der Waals surface area contributed by atoms with Crippen molar-refractivity contribution in [3.63, 3.8) is 0 Å². The first kappa shape index (κ1) is 17.4. The summed E-state index contributed by atoms with van der Waals surface area (Å²) >= 11 is 0. The van der Waals surface area contributed by atoms with Crippen molar-refractivity contribution in [1.29, 1.82) is 0 Å². The molecule has 0 radical (unpaired) electrons. The third-order valence-corrected chi connectivity index (χ3v) is 3.61. The molecule has 2 unspecified atom stereocenters. The Kier molecular flexibility index (Phi) is 6.12. The zero-order chi connectivity index (χ0) is 16.8. The van der Waals surface area contributed by atoms with Crippen LogP contribution in [0.3, 0.4) is 0 Å². The lowest BCUT2D eigenvalue weighted by Gasteiger charge is -2.34. The molecule has 1 fully saturated rings. The molecule has 1 heterocycles. The Bertz CT molecular complexity index is 552. The van der Waals surface area contributed by atoms with E-state index < -0.39 is 0 Å². The van der Waals surface area contributed by atoms with E-state index in [9.17, 15) is 9.59 Å². The average Bonchev–Trinajstić information content (AvgIpc) is 2.46. The zero-order valence-corrected chi connectivity index (χ0v) is 14.0. The van der Waals surface area contributed by atoms with Gasteiger partial charge in [0.2, 0.25) is 5.91 Å². The summed E-state index contributed by atoms with van der Waals surface area (Å²) in [7, 11) is 0. The maximum absolute atomic E-state index is 12.2. The molecule has 1 aromatic rings. The van der Waals surface area contributed by atoms with Crippen molar-refractivity contribution >= 4 is 17.5 Å². The number of hydrogen-bond acceptors (Lipinski definition) is 4. The van der Waals surface area contributed by atoms with Crippen LogP contribution < -0.4 is 10.6 Å². The second kappa shape index (κ2) is 8.08. The molecule has 2 amide bonds. The average molecular weight is 319 g/mol. The molecular weight excluding hydrogens is 294 g/mol. The Labute approximate surface area is 137 Å². The predicted molar refractivity (Wildman–Crippen MR) is 89.5 cm³/mol. The Morgan fingerprint density at radius 1 is 1.26 bits per heavy atom. The van der Waals surface area contributed by atoms with Crippen LogP contribution in [0.25, 0.3) is 0 Å². The first-order valence-corrected chi connectivity index (χ1v) is 8.04. The second-order valence-corrected chi connectivity index (χ2v) is 5.94. The van der Waals surface area contributed by atoms with Crippen LogP contribution in [0.5, 0.6) is 0 Å². The van der Waals surface area contributed by atoms with Crippen molar-refractivity contribution in [2.24, 2.45) is 0 Å². The molecule has 1 aliphatic heterocycles. The van der Waals surface area contributed by atoms with Crippen molar-refractivity contribution in [2.75, 3.05) is 31.5 Å². The minimum absolute atomic E-state index is 0.0839. The summed E-state index contributed by atoms with van der Waals surface area (Å²) in [5.74, 6) is -0.223. The van der Waals surface area contributed by atoms with Crippen molar-refractivity contribution < 1.29 is 14.3 Å². The number of morpholine rings is 1. The standard InChI is InChI=1S/C17H25N3O3/c1-4-18-17(22)14-6-5-7-15(8-14)19-16(21)11-20-9-12(2)23-13(3)10-20/h5-8,12-13H,4,9-11H2,1-3H3,(H,18,22)(H,19,21). The number of rotatable bonds is 5. The van der Waals surface area contributed by atoms with E-state index in [4.69, 9.17) is 4.74 Å². The van der Waals surface area contributed by atoms with E-state index in [1.54, 1.807) is 24.3 Å². The second-order valence-electron chi connectivity index (χ2n) is 5.94. The molecule has 0 aliphatic carbocycles. The quantitative estimate of drug-likeness (QED) is 0.862. The van der Waals surface area contributed by atoms with Gasteiger partial charge in [0.05, 0.1) is 18.8 Å². The van der Waals surface area contributed by atoms with Crippen LogP contribution in [0.1, 0.15) is 31.1 Å². The van der Waals surface area contributed by atoms with E-state index in [0.717, 1.165) is 13.1 Å². The van der Waals surface area contributed by atoms with Gasteiger partial charge in [-0.15, -0.1) is 0 Å². The summed E-state index contributed by atoms with van der Waals surface area (Å²) in [6.07, 6.45) is 0.264. The summed E-state index contributed by atoms with van der Waals surface area (Å²) in [5.41, 5.74) is 1.17. The van der Waals surface area contributed by atoms with Crippen molar-refractivity contribution in [3.8, 4) is 0 Å². The van der Waals surface area contributed by atoms with Crippen LogP contribution in [0.4, 0.5) is 5.69 Å². The monoisotopic (exact) mass is 319 g/mol. The fourth-order valence-corrected chi connectivity index (χ4v) is 2.82. The van der Waals surface area contributed by atoms with Gasteiger partial charge in [0.15, 0.2) is 0 Å². The number of benzene rings is 1. The van der Waals surface area contributed by atoms with Crippen LogP contribution in [-0.2, 0) is 9.53 Å². The highest BCUT2D eigenvalue weighted by molar-refractivity contribution is 5.97. The number of carbonyl (C=O) groups excluding carboxylic acids is 2. The lowest BCUT2D eigenvalue weighted by Crippen LogP contribution is -2.48. The maximum Gasteiger partial charge on any atom is 0.251 e. The number of nitrogens with zero attached hydrogens (tertiary/aromatic N) is 1. The molecule has 126 valence electrons. The van der Waals surface area contributed by atoms with Gasteiger partial charge in [0.25, 0.3) is 5.91 Å². The van der Waals surface area contributed by atoms with E-state index in [1.807, 2.05) is 20.8 Å². The molecule has 0 aromatic heterocycles. The minimum atomic E-state index is -0.139. The Hall–Kier alpha value is -1.92. The molecule has 1 aromatic carbocycles. The number of carbonyl (C=O) groups is 2. The lowest BCUT2D eigenvalue weighted by atomic mass is 10.2. The van der Waals surface area contributed by atoms with Gasteiger partial charge in [-0.05, 0) is 39.0 Å². The van der Waals surface area contributed by atoms with Gasteiger partial charge < -0.3 is 15.4 Å². The summed E-state index contributed by atoms with van der Waals surface area (Å²) < 4.78 is 5.66. The third kappa shape index (κ3) is 5.33. The molecule has 6 heteroatoms. The smallest absolute Gasteiger partial charge is 0.251 e. The normalized spacial score (nSPS) is 21.7. The van der Waals surface area contributed by atoms with E-state index in [0.29, 0.717) is 24.3 Å². The van der Waals surface area contributed by atoms with Gasteiger partial charge in [0.1, 0.15) is 0 Å².